The molecule has 0 heterocycles. The summed E-state index contributed by atoms with van der Waals surface area (Å²) in [5.74, 6) is -0.643. The van der Waals surface area contributed by atoms with Crippen LogP contribution in [0, 0.1) is 0 Å². The SMILES string of the molecule is COC(=O)c1cc(C(N)CO)c(OC)cc1O. The van der Waals surface area contributed by atoms with E-state index in [9.17, 15) is 9.90 Å². The summed E-state index contributed by atoms with van der Waals surface area (Å²) in [7, 11) is 2.61. The van der Waals surface area contributed by atoms with Gasteiger partial charge in [0, 0.05) is 11.6 Å². The lowest BCUT2D eigenvalue weighted by atomic mass is 10.0. The molecular weight excluding hydrogens is 226 g/mol. The van der Waals surface area contributed by atoms with Crippen LogP contribution in [0.1, 0.15) is 22.0 Å². The highest BCUT2D eigenvalue weighted by atomic mass is 16.5. The minimum absolute atomic E-state index is 0.0211. The molecule has 94 valence electrons. The van der Waals surface area contributed by atoms with Crippen LogP contribution < -0.4 is 10.5 Å². The molecule has 1 atom stereocenters. The number of aliphatic hydroxyl groups is 1. The quantitative estimate of drug-likeness (QED) is 0.650. The summed E-state index contributed by atoms with van der Waals surface area (Å²) in [5, 5.41) is 18.6. The first-order chi connectivity index (χ1) is 8.04. The average Bonchev–Trinajstić information content (AvgIpc) is 2.36. The van der Waals surface area contributed by atoms with Crippen molar-refractivity contribution in [3.05, 3.63) is 23.3 Å². The van der Waals surface area contributed by atoms with Crippen LogP contribution in [0.5, 0.6) is 11.5 Å². The summed E-state index contributed by atoms with van der Waals surface area (Å²) in [6, 6.07) is 1.91. The molecule has 1 aromatic rings. The lowest BCUT2D eigenvalue weighted by Gasteiger charge is -2.15. The largest absolute Gasteiger partial charge is 0.507 e. The van der Waals surface area contributed by atoms with Crippen LogP contribution >= 0.6 is 0 Å². The first kappa shape index (κ1) is 13.3. The van der Waals surface area contributed by atoms with Gasteiger partial charge in [0.15, 0.2) is 0 Å². The Bertz CT molecular complexity index is 419. The summed E-state index contributed by atoms with van der Waals surface area (Å²) in [5.41, 5.74) is 6.07. The Balaban J connectivity index is 3.32. The van der Waals surface area contributed by atoms with E-state index in [-0.39, 0.29) is 17.9 Å². The standard InChI is InChI=1S/C11H15NO5/c1-16-10-4-9(14)7(11(15)17-2)3-6(10)8(12)5-13/h3-4,8,13-14H,5,12H2,1-2H3. The van der Waals surface area contributed by atoms with Crippen molar-refractivity contribution in [2.75, 3.05) is 20.8 Å². The first-order valence-corrected chi connectivity index (χ1v) is 4.90. The zero-order chi connectivity index (χ0) is 13.0. The van der Waals surface area contributed by atoms with Gasteiger partial charge in [-0.25, -0.2) is 4.79 Å². The fourth-order valence-corrected chi connectivity index (χ4v) is 1.42. The van der Waals surface area contributed by atoms with E-state index in [1.807, 2.05) is 0 Å². The minimum atomic E-state index is -0.700. The van der Waals surface area contributed by atoms with Crippen LogP contribution in [0.3, 0.4) is 0 Å². The molecule has 0 saturated heterocycles. The van der Waals surface area contributed by atoms with Gasteiger partial charge in [0.05, 0.1) is 26.9 Å². The molecule has 0 fully saturated rings. The smallest absolute Gasteiger partial charge is 0.341 e. The third kappa shape index (κ3) is 2.66. The van der Waals surface area contributed by atoms with Crippen LogP contribution in [0.4, 0.5) is 0 Å². The number of phenolic OH excluding ortho intramolecular Hbond substituents is 1. The molecule has 0 spiro atoms. The van der Waals surface area contributed by atoms with Crippen LogP contribution in [-0.2, 0) is 4.74 Å². The van der Waals surface area contributed by atoms with Gasteiger partial charge in [-0.3, -0.25) is 0 Å². The van der Waals surface area contributed by atoms with Gasteiger partial charge >= 0.3 is 5.97 Å². The molecule has 0 aliphatic rings. The first-order valence-electron chi connectivity index (χ1n) is 4.90. The Morgan fingerprint density at radius 3 is 2.59 bits per heavy atom. The Kier molecular flexibility index (Phi) is 4.30. The van der Waals surface area contributed by atoms with Crippen molar-refractivity contribution in [3.63, 3.8) is 0 Å². The zero-order valence-corrected chi connectivity index (χ0v) is 9.64. The number of phenols is 1. The molecule has 0 aliphatic carbocycles. The molecule has 0 aliphatic heterocycles. The third-order valence-corrected chi connectivity index (χ3v) is 2.35. The van der Waals surface area contributed by atoms with Gasteiger partial charge in [0.2, 0.25) is 0 Å². The average molecular weight is 241 g/mol. The zero-order valence-electron chi connectivity index (χ0n) is 9.64. The van der Waals surface area contributed by atoms with Crippen LogP contribution in [-0.4, -0.2) is 37.0 Å². The molecule has 6 nitrogen and oxygen atoms in total. The number of hydrogen-bond donors (Lipinski definition) is 3. The highest BCUT2D eigenvalue weighted by molar-refractivity contribution is 5.93. The third-order valence-electron chi connectivity index (χ3n) is 2.35. The van der Waals surface area contributed by atoms with Gasteiger partial charge in [0.1, 0.15) is 17.1 Å². The second-order valence-corrected chi connectivity index (χ2v) is 3.39. The number of esters is 1. The number of hydrogen-bond acceptors (Lipinski definition) is 6. The molecule has 0 saturated carbocycles. The van der Waals surface area contributed by atoms with Gasteiger partial charge < -0.3 is 25.4 Å². The normalized spacial score (nSPS) is 12.0. The molecule has 4 N–H and O–H groups in total. The Morgan fingerprint density at radius 1 is 1.47 bits per heavy atom. The predicted molar refractivity (Wildman–Crippen MR) is 60.0 cm³/mol. The van der Waals surface area contributed by atoms with E-state index in [1.165, 1.54) is 26.4 Å². The Morgan fingerprint density at radius 2 is 2.12 bits per heavy atom. The lowest BCUT2D eigenvalue weighted by molar-refractivity contribution is 0.0597. The number of benzene rings is 1. The molecule has 0 bridgehead atoms. The van der Waals surface area contributed by atoms with Gasteiger partial charge in [-0.2, -0.15) is 0 Å². The van der Waals surface area contributed by atoms with Gasteiger partial charge in [-0.15, -0.1) is 0 Å². The fraction of sp³-hybridized carbons (Fsp3) is 0.364. The van der Waals surface area contributed by atoms with E-state index < -0.39 is 12.0 Å². The van der Waals surface area contributed by atoms with Crippen molar-refractivity contribution in [1.29, 1.82) is 0 Å². The van der Waals surface area contributed by atoms with E-state index >= 15 is 0 Å². The lowest BCUT2D eigenvalue weighted by Crippen LogP contribution is -2.16. The summed E-state index contributed by atoms with van der Waals surface area (Å²) in [6.45, 7) is -0.304. The van der Waals surface area contributed by atoms with Crippen molar-refractivity contribution in [2.45, 2.75) is 6.04 Å². The molecule has 1 aromatic carbocycles. The number of aromatic hydroxyl groups is 1. The maximum atomic E-state index is 11.4. The molecule has 1 unspecified atom stereocenters. The summed E-state index contributed by atoms with van der Waals surface area (Å²) >= 11 is 0. The molecule has 17 heavy (non-hydrogen) atoms. The maximum Gasteiger partial charge on any atom is 0.341 e. The number of aliphatic hydroxyl groups excluding tert-OH is 1. The highest BCUT2D eigenvalue weighted by Gasteiger charge is 2.19. The second-order valence-electron chi connectivity index (χ2n) is 3.39. The molecule has 0 radical (unpaired) electrons. The van der Waals surface area contributed by atoms with E-state index in [2.05, 4.69) is 4.74 Å². The molecule has 0 amide bonds. The summed E-state index contributed by atoms with van der Waals surface area (Å²) in [4.78, 5) is 11.4. The van der Waals surface area contributed by atoms with Crippen molar-refractivity contribution in [1.82, 2.24) is 0 Å². The van der Waals surface area contributed by atoms with E-state index in [4.69, 9.17) is 15.6 Å². The van der Waals surface area contributed by atoms with Crippen LogP contribution in [0.25, 0.3) is 0 Å². The van der Waals surface area contributed by atoms with Crippen molar-refractivity contribution in [2.24, 2.45) is 5.73 Å². The molecule has 6 heteroatoms. The van der Waals surface area contributed by atoms with Gasteiger partial charge in [-0.1, -0.05) is 0 Å². The van der Waals surface area contributed by atoms with E-state index in [0.29, 0.717) is 11.3 Å². The number of carbonyl (C=O) groups excluding carboxylic acids is 1. The molecular formula is C11H15NO5. The number of rotatable bonds is 4. The van der Waals surface area contributed by atoms with Crippen LogP contribution in [0.2, 0.25) is 0 Å². The monoisotopic (exact) mass is 241 g/mol. The Labute approximate surface area is 98.6 Å². The number of nitrogens with two attached hydrogens (primary N) is 1. The topological polar surface area (TPSA) is 102 Å². The van der Waals surface area contributed by atoms with E-state index in [0.717, 1.165) is 0 Å². The fourth-order valence-electron chi connectivity index (χ4n) is 1.42. The van der Waals surface area contributed by atoms with E-state index in [1.54, 1.807) is 0 Å². The van der Waals surface area contributed by atoms with Gasteiger partial charge in [-0.05, 0) is 6.07 Å². The molecule has 1 rings (SSSR count). The van der Waals surface area contributed by atoms with Crippen molar-refractivity contribution >= 4 is 5.97 Å². The number of carbonyl (C=O) groups is 1. The highest BCUT2D eigenvalue weighted by Crippen LogP contribution is 2.31. The number of ether oxygens (including phenoxy) is 2. The maximum absolute atomic E-state index is 11.4. The Hall–Kier alpha value is -1.79. The van der Waals surface area contributed by atoms with Crippen molar-refractivity contribution in [3.8, 4) is 11.5 Å². The van der Waals surface area contributed by atoms with Gasteiger partial charge in [0.25, 0.3) is 0 Å². The van der Waals surface area contributed by atoms with Crippen molar-refractivity contribution < 1.29 is 24.5 Å². The molecule has 0 aromatic heterocycles. The summed E-state index contributed by atoms with van der Waals surface area (Å²) < 4.78 is 9.53. The predicted octanol–water partition coefficient (Wildman–Crippen LogP) is 0.180. The van der Waals surface area contributed by atoms with Crippen LogP contribution in [0.15, 0.2) is 12.1 Å². The number of methoxy groups -OCH3 is 2. The summed E-state index contributed by atoms with van der Waals surface area (Å²) in [6.07, 6.45) is 0. The second kappa shape index (κ2) is 5.51. The minimum Gasteiger partial charge on any atom is -0.507 e.